The lowest BCUT2D eigenvalue weighted by Gasteiger charge is -2.26. The van der Waals surface area contributed by atoms with Gasteiger partial charge in [-0.15, -0.1) is 0 Å². The Morgan fingerprint density at radius 2 is 1.50 bits per heavy atom. The summed E-state index contributed by atoms with van der Waals surface area (Å²) in [4.78, 5) is 12.8. The van der Waals surface area contributed by atoms with Crippen LogP contribution in [-0.4, -0.2) is 19.1 Å². The Labute approximate surface area is 166 Å². The number of benzene rings is 3. The summed E-state index contributed by atoms with van der Waals surface area (Å²) < 4.78 is 5.73. The smallest absolute Gasteiger partial charge is 0.220 e. The van der Waals surface area contributed by atoms with Crippen molar-refractivity contribution in [2.45, 2.75) is 24.7 Å². The number of fused-ring (bicyclic) bond motifs is 1. The molecule has 3 aromatic carbocycles. The molecule has 3 aromatic rings. The molecule has 3 nitrogen and oxygen atoms in total. The first-order chi connectivity index (χ1) is 13.8. The summed E-state index contributed by atoms with van der Waals surface area (Å²) in [6, 6.07) is 28.6. The molecule has 0 saturated heterocycles. The molecule has 3 heteroatoms. The molecule has 0 aliphatic carbocycles. The number of hydrogen-bond acceptors (Lipinski definition) is 2. The number of carbonyl (C=O) groups is 1. The molecule has 1 N–H and O–H groups in total. The average Bonchev–Trinajstić information content (AvgIpc) is 2.77. The SMILES string of the molecule is O=C(CC(c1ccccc1)c1ccccc1)NCC1CCOc2ccccc21. The van der Waals surface area contributed by atoms with Crippen LogP contribution < -0.4 is 10.1 Å². The second-order valence-corrected chi connectivity index (χ2v) is 7.25. The molecule has 1 aliphatic rings. The molecule has 0 radical (unpaired) electrons. The van der Waals surface area contributed by atoms with Gasteiger partial charge < -0.3 is 10.1 Å². The van der Waals surface area contributed by atoms with Crippen molar-refractivity contribution < 1.29 is 9.53 Å². The van der Waals surface area contributed by atoms with Gasteiger partial charge in [0, 0.05) is 24.8 Å². The van der Waals surface area contributed by atoms with Crippen LogP contribution in [0.1, 0.15) is 41.4 Å². The molecule has 142 valence electrons. The van der Waals surface area contributed by atoms with E-state index in [0.29, 0.717) is 25.5 Å². The Morgan fingerprint density at radius 3 is 2.18 bits per heavy atom. The van der Waals surface area contributed by atoms with Crippen molar-refractivity contribution in [1.82, 2.24) is 5.32 Å². The van der Waals surface area contributed by atoms with Crippen LogP contribution in [0.25, 0.3) is 0 Å². The number of nitrogens with one attached hydrogen (secondary N) is 1. The molecule has 0 fully saturated rings. The summed E-state index contributed by atoms with van der Waals surface area (Å²) in [5.41, 5.74) is 3.53. The predicted molar refractivity (Wildman–Crippen MR) is 112 cm³/mol. The van der Waals surface area contributed by atoms with Gasteiger partial charge in [0.25, 0.3) is 0 Å². The number of ether oxygens (including phenoxy) is 1. The van der Waals surface area contributed by atoms with Gasteiger partial charge >= 0.3 is 0 Å². The van der Waals surface area contributed by atoms with Gasteiger partial charge in [0.1, 0.15) is 5.75 Å². The van der Waals surface area contributed by atoms with Gasteiger partial charge in [-0.3, -0.25) is 4.79 Å². The third-order valence-corrected chi connectivity index (χ3v) is 5.42. The zero-order valence-corrected chi connectivity index (χ0v) is 15.9. The van der Waals surface area contributed by atoms with Crippen molar-refractivity contribution in [3.05, 3.63) is 102 Å². The van der Waals surface area contributed by atoms with Gasteiger partial charge in [0.2, 0.25) is 5.91 Å². The van der Waals surface area contributed by atoms with Crippen LogP contribution in [0.15, 0.2) is 84.9 Å². The van der Waals surface area contributed by atoms with Gasteiger partial charge in [-0.1, -0.05) is 78.9 Å². The fourth-order valence-corrected chi connectivity index (χ4v) is 3.92. The molecular formula is C25H25NO2. The molecule has 1 atom stereocenters. The monoisotopic (exact) mass is 371 g/mol. The second kappa shape index (κ2) is 8.75. The van der Waals surface area contributed by atoms with Crippen LogP contribution in [0.5, 0.6) is 5.75 Å². The van der Waals surface area contributed by atoms with E-state index >= 15 is 0 Å². The minimum Gasteiger partial charge on any atom is -0.493 e. The molecule has 1 amide bonds. The van der Waals surface area contributed by atoms with E-state index in [4.69, 9.17) is 4.74 Å². The summed E-state index contributed by atoms with van der Waals surface area (Å²) in [6.45, 7) is 1.35. The van der Waals surface area contributed by atoms with Gasteiger partial charge in [-0.2, -0.15) is 0 Å². The maximum absolute atomic E-state index is 12.8. The van der Waals surface area contributed by atoms with E-state index in [9.17, 15) is 4.79 Å². The first-order valence-electron chi connectivity index (χ1n) is 9.89. The lowest BCUT2D eigenvalue weighted by atomic mass is 9.88. The maximum Gasteiger partial charge on any atom is 0.220 e. The average molecular weight is 371 g/mol. The van der Waals surface area contributed by atoms with Crippen LogP contribution in [0.3, 0.4) is 0 Å². The lowest BCUT2D eigenvalue weighted by Crippen LogP contribution is -2.31. The molecule has 0 spiro atoms. The molecule has 0 bridgehead atoms. The zero-order chi connectivity index (χ0) is 19.2. The second-order valence-electron chi connectivity index (χ2n) is 7.25. The van der Waals surface area contributed by atoms with E-state index in [1.54, 1.807) is 0 Å². The number of rotatable bonds is 6. The molecule has 28 heavy (non-hydrogen) atoms. The summed E-state index contributed by atoms with van der Waals surface area (Å²) in [6.07, 6.45) is 1.37. The van der Waals surface area contributed by atoms with Crippen molar-refractivity contribution in [3.8, 4) is 5.75 Å². The molecular weight excluding hydrogens is 346 g/mol. The van der Waals surface area contributed by atoms with Crippen LogP contribution >= 0.6 is 0 Å². The Morgan fingerprint density at radius 1 is 0.893 bits per heavy atom. The summed E-state index contributed by atoms with van der Waals surface area (Å²) >= 11 is 0. The number of amides is 1. The van der Waals surface area contributed by atoms with Crippen LogP contribution in [-0.2, 0) is 4.79 Å². The Balaban J connectivity index is 1.44. The van der Waals surface area contributed by atoms with E-state index in [1.807, 2.05) is 54.6 Å². The van der Waals surface area contributed by atoms with Gasteiger partial charge in [-0.25, -0.2) is 0 Å². The molecule has 0 saturated carbocycles. The van der Waals surface area contributed by atoms with Crippen molar-refractivity contribution in [2.75, 3.05) is 13.2 Å². The first-order valence-corrected chi connectivity index (χ1v) is 9.89. The maximum atomic E-state index is 12.8. The third-order valence-electron chi connectivity index (χ3n) is 5.42. The lowest BCUT2D eigenvalue weighted by molar-refractivity contribution is -0.121. The van der Waals surface area contributed by atoms with Crippen LogP contribution in [0.4, 0.5) is 0 Å². The summed E-state index contributed by atoms with van der Waals surface area (Å²) in [5, 5.41) is 3.17. The Hall–Kier alpha value is -3.07. The largest absolute Gasteiger partial charge is 0.493 e. The van der Waals surface area contributed by atoms with Gasteiger partial charge in [0.05, 0.1) is 6.61 Å². The molecule has 1 unspecified atom stereocenters. The highest BCUT2D eigenvalue weighted by Gasteiger charge is 2.23. The first kappa shape index (κ1) is 18.3. The van der Waals surface area contributed by atoms with Crippen molar-refractivity contribution >= 4 is 5.91 Å². The quantitative estimate of drug-likeness (QED) is 0.670. The van der Waals surface area contributed by atoms with Gasteiger partial charge in [-0.05, 0) is 29.2 Å². The fraction of sp³-hybridized carbons (Fsp3) is 0.240. The van der Waals surface area contributed by atoms with Gasteiger partial charge in [0.15, 0.2) is 0 Å². The van der Waals surface area contributed by atoms with Crippen molar-refractivity contribution in [1.29, 1.82) is 0 Å². The zero-order valence-electron chi connectivity index (χ0n) is 15.9. The van der Waals surface area contributed by atoms with Crippen LogP contribution in [0.2, 0.25) is 0 Å². The molecule has 4 rings (SSSR count). The summed E-state index contributed by atoms with van der Waals surface area (Å²) in [7, 11) is 0. The third kappa shape index (κ3) is 4.25. The number of para-hydroxylation sites is 1. The molecule has 1 heterocycles. The minimum atomic E-state index is 0.0596. The highest BCUT2D eigenvalue weighted by atomic mass is 16.5. The fourth-order valence-electron chi connectivity index (χ4n) is 3.92. The highest BCUT2D eigenvalue weighted by molar-refractivity contribution is 5.77. The molecule has 1 aliphatic heterocycles. The van der Waals surface area contributed by atoms with Crippen LogP contribution in [0, 0.1) is 0 Å². The molecule has 0 aromatic heterocycles. The minimum absolute atomic E-state index is 0.0596. The summed E-state index contributed by atoms with van der Waals surface area (Å²) in [5.74, 6) is 1.39. The van der Waals surface area contributed by atoms with Crippen molar-refractivity contribution in [3.63, 3.8) is 0 Å². The van der Waals surface area contributed by atoms with Crippen molar-refractivity contribution in [2.24, 2.45) is 0 Å². The topological polar surface area (TPSA) is 38.3 Å². The highest BCUT2D eigenvalue weighted by Crippen LogP contribution is 2.33. The van der Waals surface area contributed by atoms with E-state index in [2.05, 4.69) is 35.6 Å². The predicted octanol–water partition coefficient (Wildman–Crippen LogP) is 4.89. The van der Waals surface area contributed by atoms with E-state index < -0.39 is 0 Å². The number of carbonyl (C=O) groups excluding carboxylic acids is 1. The standard InChI is InChI=1S/C25H25NO2/c27-25(26-18-21-15-16-28-24-14-8-7-13-22(21)24)17-23(19-9-3-1-4-10-19)20-11-5-2-6-12-20/h1-14,21,23H,15-18H2,(H,26,27). The number of hydrogen-bond donors (Lipinski definition) is 1. The van der Waals surface area contributed by atoms with E-state index in [0.717, 1.165) is 12.2 Å². The Kier molecular flexibility index (Phi) is 5.72. The van der Waals surface area contributed by atoms with E-state index in [1.165, 1.54) is 16.7 Å². The van der Waals surface area contributed by atoms with E-state index in [-0.39, 0.29) is 11.8 Å². The normalized spacial score (nSPS) is 15.5. The Bertz CT molecular complexity index is 869.